The lowest BCUT2D eigenvalue weighted by Gasteiger charge is -2.22. The van der Waals surface area contributed by atoms with Gasteiger partial charge < -0.3 is 5.11 Å². The fourth-order valence-corrected chi connectivity index (χ4v) is 7.68. The highest BCUT2D eigenvalue weighted by atomic mass is 16.3. The van der Waals surface area contributed by atoms with E-state index < -0.39 is 71.7 Å². The molecule has 0 amide bonds. The van der Waals surface area contributed by atoms with Crippen molar-refractivity contribution in [1.29, 1.82) is 0 Å². The van der Waals surface area contributed by atoms with Crippen molar-refractivity contribution in [1.82, 2.24) is 14.5 Å². The quantitative estimate of drug-likeness (QED) is 0.175. The molecule has 0 saturated heterocycles. The summed E-state index contributed by atoms with van der Waals surface area (Å²) in [6.45, 7) is 17.2. The molecule has 60 heavy (non-hydrogen) atoms. The van der Waals surface area contributed by atoms with Crippen LogP contribution in [-0.4, -0.2) is 19.6 Å². The van der Waals surface area contributed by atoms with Crippen molar-refractivity contribution < 1.29 is 20.2 Å². The molecule has 4 nitrogen and oxygen atoms in total. The van der Waals surface area contributed by atoms with Crippen molar-refractivity contribution in [3.8, 4) is 67.5 Å². The van der Waals surface area contributed by atoms with Crippen LogP contribution in [0.25, 0.3) is 72.7 Å². The molecule has 302 valence electrons. The molecule has 0 aliphatic carbocycles. The Hall–Kier alpha value is -6.26. The summed E-state index contributed by atoms with van der Waals surface area (Å²) in [5.74, 6) is -0.367. The van der Waals surface area contributed by atoms with Crippen LogP contribution in [0.1, 0.15) is 110 Å². The van der Waals surface area contributed by atoms with E-state index in [4.69, 9.17) is 18.7 Å². The summed E-state index contributed by atoms with van der Waals surface area (Å²) in [6.07, 6.45) is -0.576. The van der Waals surface area contributed by atoms with Crippen molar-refractivity contribution >= 4 is 11.0 Å². The highest BCUT2D eigenvalue weighted by molar-refractivity contribution is 5.98. The van der Waals surface area contributed by atoms with Crippen molar-refractivity contribution in [2.45, 2.75) is 92.8 Å². The van der Waals surface area contributed by atoms with Gasteiger partial charge in [0.15, 0.2) is 0 Å². The van der Waals surface area contributed by atoms with Crippen LogP contribution in [0, 0.1) is 20.7 Å². The first-order valence-corrected chi connectivity index (χ1v) is 20.2. The largest absolute Gasteiger partial charge is 0.507 e. The zero-order chi connectivity index (χ0) is 52.2. The lowest BCUT2D eigenvalue weighted by Crippen LogP contribution is -2.11. The number of nitrogens with zero attached hydrogens (tertiary/aromatic N) is 3. The van der Waals surface area contributed by atoms with Gasteiger partial charge in [-0.05, 0) is 136 Å². The molecule has 0 saturated carbocycles. The predicted octanol–water partition coefficient (Wildman–Crippen LogP) is 15.1. The van der Waals surface area contributed by atoms with Crippen LogP contribution < -0.4 is 0 Å². The maximum Gasteiger partial charge on any atom is 0.149 e. The van der Waals surface area contributed by atoms with Gasteiger partial charge in [0.25, 0.3) is 0 Å². The third-order valence-electron chi connectivity index (χ3n) is 11.1. The summed E-state index contributed by atoms with van der Waals surface area (Å²) in [6, 6.07) is 25.7. The van der Waals surface area contributed by atoms with Gasteiger partial charge in [-0.2, -0.15) is 0 Å². The molecule has 6 aromatic carbocycles. The number of hydrogen-bond acceptors (Lipinski definition) is 3. The number of hydrogen-bond donors (Lipinski definition) is 1. The fourth-order valence-electron chi connectivity index (χ4n) is 7.68. The standard InChI is InChI=1S/C56H57N3O/c1-34(2)40-21-24-50(47(32-40)39-19-22-44(23-20-39)55(6,7)8)59-51-14-12-13-46(52(51)58-54(59)48-28-36(4)27-37(5)53(48)60)42-29-43(31-45(30-42)56(9,10)11)49-33-41(25-26-57-49)38-17-15-35(3)16-18-38/h12-34,60H,1-11H3/i3D3,15D,16D,17D,18D,25D,26D,33D,34D. The number of imidazole rings is 1. The molecule has 0 fully saturated rings. The van der Waals surface area contributed by atoms with E-state index >= 15 is 0 Å². The Labute approximate surface area is 372 Å². The molecular weight excluding hydrogens is 731 g/mol. The molecule has 4 heteroatoms. The van der Waals surface area contributed by atoms with Crippen molar-refractivity contribution in [2.24, 2.45) is 0 Å². The van der Waals surface area contributed by atoms with E-state index in [0.29, 0.717) is 44.7 Å². The number of phenols is 1. The molecule has 0 aliphatic heterocycles. The Morgan fingerprint density at radius 3 is 2.07 bits per heavy atom. The number of aromatic nitrogens is 3. The molecular formula is C56H57N3O. The van der Waals surface area contributed by atoms with Crippen LogP contribution in [0.3, 0.4) is 0 Å². The second kappa shape index (κ2) is 15.4. The number of aryl methyl sites for hydroxylation is 2. The van der Waals surface area contributed by atoms with Gasteiger partial charge in [0.2, 0.25) is 0 Å². The molecule has 0 radical (unpaired) electrons. The van der Waals surface area contributed by atoms with Gasteiger partial charge in [-0.3, -0.25) is 9.55 Å². The van der Waals surface area contributed by atoms with Crippen LogP contribution in [0.5, 0.6) is 5.75 Å². The van der Waals surface area contributed by atoms with Gasteiger partial charge in [-0.1, -0.05) is 140 Å². The second-order valence-corrected chi connectivity index (χ2v) is 18.0. The predicted molar refractivity (Wildman–Crippen MR) is 253 cm³/mol. The lowest BCUT2D eigenvalue weighted by atomic mass is 9.83. The first kappa shape index (κ1) is 29.0. The van der Waals surface area contributed by atoms with Crippen molar-refractivity contribution in [3.05, 3.63) is 167 Å². The van der Waals surface area contributed by atoms with Crippen LogP contribution in [0.15, 0.2) is 133 Å². The van der Waals surface area contributed by atoms with Crippen LogP contribution >= 0.6 is 0 Å². The molecule has 0 unspecified atom stereocenters. The molecule has 0 atom stereocenters. The Kier molecular flexibility index (Phi) is 7.46. The summed E-state index contributed by atoms with van der Waals surface area (Å²) < 4.78 is 97.0. The van der Waals surface area contributed by atoms with Gasteiger partial charge >= 0.3 is 0 Å². The monoisotopic (exact) mass is 799 g/mol. The molecule has 0 bridgehead atoms. The maximum atomic E-state index is 11.9. The number of phenolic OH excluding ortho intramolecular Hbond substituents is 1. The normalized spacial score (nSPS) is 15.1. The molecule has 0 aliphatic rings. The molecule has 8 rings (SSSR count). The Balaban J connectivity index is 1.44. The third kappa shape index (κ3) is 7.79. The summed E-state index contributed by atoms with van der Waals surface area (Å²) in [4.78, 5) is 9.86. The van der Waals surface area contributed by atoms with E-state index in [1.807, 2.05) is 109 Å². The third-order valence-corrected chi connectivity index (χ3v) is 11.1. The summed E-state index contributed by atoms with van der Waals surface area (Å²) in [5.41, 5.74) is 8.27. The maximum absolute atomic E-state index is 11.9. The zero-order valence-electron chi connectivity index (χ0n) is 46.9. The number of fused-ring (bicyclic) bond motifs is 1. The van der Waals surface area contributed by atoms with E-state index in [1.165, 1.54) is 5.56 Å². The lowest BCUT2D eigenvalue weighted by molar-refractivity contribution is 0.472. The highest BCUT2D eigenvalue weighted by Crippen LogP contribution is 2.43. The average Bonchev–Trinajstić information content (AvgIpc) is 3.67. The van der Waals surface area contributed by atoms with Gasteiger partial charge in [0.1, 0.15) is 11.6 Å². The summed E-state index contributed by atoms with van der Waals surface area (Å²) in [7, 11) is 0. The minimum atomic E-state index is -2.97. The highest BCUT2D eigenvalue weighted by Gasteiger charge is 2.25. The molecule has 1 N–H and O–H groups in total. The van der Waals surface area contributed by atoms with Crippen LogP contribution in [-0.2, 0) is 10.8 Å². The molecule has 0 spiro atoms. The summed E-state index contributed by atoms with van der Waals surface area (Å²) >= 11 is 0. The molecule has 2 heterocycles. The molecule has 2 aromatic heterocycles. The Bertz CT molecular complexity index is 3430. The second-order valence-electron chi connectivity index (χ2n) is 18.0. The Morgan fingerprint density at radius 1 is 0.667 bits per heavy atom. The summed E-state index contributed by atoms with van der Waals surface area (Å²) in [5, 5.41) is 11.9. The number of pyridine rings is 1. The average molecular weight is 799 g/mol. The van der Waals surface area contributed by atoms with E-state index in [1.54, 1.807) is 0 Å². The fraction of sp³-hybridized carbons (Fsp3) is 0.250. The topological polar surface area (TPSA) is 50.9 Å². The van der Waals surface area contributed by atoms with Gasteiger partial charge in [-0.15, -0.1) is 0 Å². The molecule has 8 aromatic rings. The van der Waals surface area contributed by atoms with Gasteiger partial charge in [0, 0.05) is 28.3 Å². The Morgan fingerprint density at radius 2 is 1.38 bits per heavy atom. The minimum absolute atomic E-state index is 0.0526. The number of benzene rings is 6. The van der Waals surface area contributed by atoms with Crippen molar-refractivity contribution in [3.63, 3.8) is 0 Å². The van der Waals surface area contributed by atoms with E-state index in [9.17, 15) is 6.48 Å². The number of aromatic hydroxyl groups is 1. The van der Waals surface area contributed by atoms with E-state index in [-0.39, 0.29) is 22.4 Å². The van der Waals surface area contributed by atoms with Gasteiger partial charge in [-0.25, -0.2) is 4.98 Å². The smallest absolute Gasteiger partial charge is 0.149 e. The zero-order valence-corrected chi connectivity index (χ0v) is 35.9. The van der Waals surface area contributed by atoms with E-state index in [2.05, 4.69) is 60.7 Å². The SMILES string of the molecule is [2H]c1nc(-c2cc(-c3cccc4c3nc(-c3cc(C)cc(C)c3O)n4-c3ccc(C([2H])(C)C)cc3-c3ccc(C(C)(C)C)cc3)cc(C(C)(C)C)c2)c([2H])c(-c2c([2H])c([2H])c(C([2H])([2H])[2H])c([2H])c2[2H])c1[2H]. The van der Waals surface area contributed by atoms with Crippen molar-refractivity contribution in [2.75, 3.05) is 0 Å². The van der Waals surface area contributed by atoms with Gasteiger partial charge in [0.05, 0.1) is 37.6 Å². The minimum Gasteiger partial charge on any atom is -0.507 e. The van der Waals surface area contributed by atoms with Crippen LogP contribution in [0.2, 0.25) is 0 Å². The first-order valence-electron chi connectivity index (χ1n) is 25.7. The number of para-hydroxylation sites is 1. The van der Waals surface area contributed by atoms with Crippen LogP contribution in [0.4, 0.5) is 0 Å². The van der Waals surface area contributed by atoms with E-state index in [0.717, 1.165) is 33.5 Å². The number of rotatable bonds is 7. The first-order chi connectivity index (χ1) is 32.9.